The van der Waals surface area contributed by atoms with Crippen LogP contribution < -0.4 is 11.1 Å². The summed E-state index contributed by atoms with van der Waals surface area (Å²) in [6, 6.07) is 15.0. The molecule has 1 aromatic heterocycles. The van der Waals surface area contributed by atoms with E-state index in [1.165, 1.54) is 4.68 Å². The number of carbonyl (C=O) groups is 2. The van der Waals surface area contributed by atoms with E-state index in [1.54, 1.807) is 26.4 Å². The summed E-state index contributed by atoms with van der Waals surface area (Å²) in [4.78, 5) is 26.3. The van der Waals surface area contributed by atoms with Crippen LogP contribution in [-0.2, 0) is 64.6 Å². The fourth-order valence-corrected chi connectivity index (χ4v) is 13.7. The maximum absolute atomic E-state index is 14.1. The number of benzene rings is 2. The molecule has 22 heteroatoms. The molecular weight excluding hydrogens is 1080 g/mol. The fourth-order valence-electron chi connectivity index (χ4n) is 13.7. The molecule has 13 rings (SSSR count). The molecule has 19 unspecified atom stereocenters. The topological polar surface area (TPSA) is 272 Å². The average Bonchev–Trinajstić information content (AvgIpc) is 3.78. The lowest BCUT2D eigenvalue weighted by atomic mass is 9.81. The molecule has 448 valence electrons. The number of aromatic nitrogens is 2. The van der Waals surface area contributed by atoms with Gasteiger partial charge in [0.2, 0.25) is 0 Å². The predicted octanol–water partition coefficient (Wildman–Crippen LogP) is 7.65. The summed E-state index contributed by atoms with van der Waals surface area (Å²) < 4.78 is 87.4. The first-order chi connectivity index (χ1) is 39.1. The Morgan fingerprint density at radius 2 is 1.57 bits per heavy atom. The molecule has 0 aliphatic carbocycles. The zero-order chi connectivity index (χ0) is 58.2. The average molecular weight is 1160 g/mol. The van der Waals surface area contributed by atoms with Crippen LogP contribution in [0.1, 0.15) is 112 Å². The van der Waals surface area contributed by atoms with E-state index in [2.05, 4.69) is 40.7 Å². The SMILES string of the molecule is C=C1CC2CCC34CC5OC6C(OC7CCC(CC(=O)CC8C(CC9OC(CCC1O2)CC(C)C9=C)OC(CC(O)CN)C8OC)OC7C6O3)C5O4.CS(=O)(=O)O.Cc1ccccc1N=Nc1ccc(NC(=O)c2ccnn2C)c(C)c1. The molecule has 0 radical (unpaired) electrons. The third-order valence-corrected chi connectivity index (χ3v) is 17.9. The molecule has 10 fully saturated rings. The number of fused-ring (bicyclic) bond motifs is 6. The zero-order valence-corrected chi connectivity index (χ0v) is 48.7. The lowest BCUT2D eigenvalue weighted by Gasteiger charge is -2.47. The van der Waals surface area contributed by atoms with Crippen molar-refractivity contribution < 1.29 is 70.3 Å². The van der Waals surface area contributed by atoms with Crippen LogP contribution in [0.4, 0.5) is 17.1 Å². The minimum Gasteiger partial charge on any atom is -0.392 e. The number of nitrogens with zero attached hydrogens (tertiary/aromatic N) is 4. The van der Waals surface area contributed by atoms with Crippen LogP contribution in [-0.4, -0.2) is 163 Å². The largest absolute Gasteiger partial charge is 0.392 e. The summed E-state index contributed by atoms with van der Waals surface area (Å²) in [6.07, 6.45) is 7.16. The Morgan fingerprint density at radius 1 is 0.854 bits per heavy atom. The summed E-state index contributed by atoms with van der Waals surface area (Å²) in [5.74, 6) is -0.816. The number of anilines is 1. The van der Waals surface area contributed by atoms with Crippen molar-refractivity contribution >= 4 is 38.9 Å². The van der Waals surface area contributed by atoms with E-state index in [-0.39, 0.29) is 128 Å². The van der Waals surface area contributed by atoms with Gasteiger partial charge in [0, 0.05) is 77.0 Å². The van der Waals surface area contributed by atoms with Gasteiger partial charge in [0.25, 0.3) is 16.0 Å². The van der Waals surface area contributed by atoms with E-state index >= 15 is 0 Å². The Labute approximate surface area is 480 Å². The molecule has 82 heavy (non-hydrogen) atoms. The zero-order valence-electron chi connectivity index (χ0n) is 47.9. The van der Waals surface area contributed by atoms with Gasteiger partial charge in [-0.1, -0.05) is 38.3 Å². The van der Waals surface area contributed by atoms with Gasteiger partial charge in [0.05, 0.1) is 84.8 Å². The van der Waals surface area contributed by atoms with Crippen LogP contribution in [0.3, 0.4) is 0 Å². The number of ketones is 1. The van der Waals surface area contributed by atoms with Crippen LogP contribution >= 0.6 is 0 Å². The van der Waals surface area contributed by atoms with Crippen molar-refractivity contribution in [2.24, 2.45) is 34.8 Å². The number of azo groups is 1. The molecule has 11 heterocycles. The summed E-state index contributed by atoms with van der Waals surface area (Å²) in [7, 11) is -0.275. The second-order valence-electron chi connectivity index (χ2n) is 23.9. The van der Waals surface area contributed by atoms with Crippen molar-refractivity contribution in [2.45, 2.75) is 208 Å². The Kier molecular flexibility index (Phi) is 18.8. The van der Waals surface area contributed by atoms with Gasteiger partial charge in [-0.3, -0.25) is 18.8 Å². The molecule has 19 atom stereocenters. The smallest absolute Gasteiger partial charge is 0.273 e. The number of rotatable bonds is 8. The van der Waals surface area contributed by atoms with Crippen LogP contribution in [0.5, 0.6) is 0 Å². The third-order valence-electron chi connectivity index (χ3n) is 17.9. The van der Waals surface area contributed by atoms with Gasteiger partial charge in [-0.15, -0.1) is 0 Å². The van der Waals surface area contributed by atoms with E-state index < -0.39 is 28.1 Å². The third kappa shape index (κ3) is 13.9. The van der Waals surface area contributed by atoms with E-state index in [4.69, 9.17) is 52.9 Å². The first kappa shape index (κ1) is 60.5. The highest BCUT2D eigenvalue weighted by atomic mass is 32.2. The Bertz CT molecular complexity index is 2930. The molecule has 5 N–H and O–H groups in total. The molecule has 1 amide bonds. The number of aryl methyl sites for hydroxylation is 3. The number of hydrogen-bond acceptors (Lipinski definition) is 18. The van der Waals surface area contributed by atoms with Gasteiger partial charge in [-0.25, -0.2) is 0 Å². The normalized spacial score (nSPS) is 37.3. The summed E-state index contributed by atoms with van der Waals surface area (Å²) in [6.45, 7) is 15.2. The fraction of sp³-hybridized carbons (Fsp3) is 0.650. The van der Waals surface area contributed by atoms with Gasteiger partial charge in [-0.2, -0.15) is 23.7 Å². The number of amides is 1. The minimum absolute atomic E-state index is 0.0158. The first-order valence-electron chi connectivity index (χ1n) is 29.0. The number of carbonyl (C=O) groups excluding carboxylic acids is 2. The van der Waals surface area contributed by atoms with Crippen molar-refractivity contribution in [1.29, 1.82) is 0 Å². The molecule has 10 aliphatic rings. The molecule has 12 bridgehead atoms. The lowest BCUT2D eigenvalue weighted by molar-refractivity contribution is -0.292. The highest BCUT2D eigenvalue weighted by Gasteiger charge is 2.69. The minimum atomic E-state index is -3.67. The van der Waals surface area contributed by atoms with Crippen molar-refractivity contribution in [3.05, 3.63) is 95.9 Å². The second kappa shape index (κ2) is 25.5. The van der Waals surface area contributed by atoms with E-state index in [0.29, 0.717) is 37.6 Å². The van der Waals surface area contributed by atoms with Gasteiger partial charge in [-0.05, 0) is 117 Å². The molecule has 10 saturated heterocycles. The maximum atomic E-state index is 14.1. The number of nitrogens with two attached hydrogens (primary N) is 1. The molecule has 10 aliphatic heterocycles. The molecule has 1 spiro atoms. The monoisotopic (exact) mass is 1160 g/mol. The number of hydrogen-bond donors (Lipinski definition) is 4. The van der Waals surface area contributed by atoms with Gasteiger partial charge < -0.3 is 58.8 Å². The summed E-state index contributed by atoms with van der Waals surface area (Å²) >= 11 is 0. The number of nitrogens with one attached hydrogen (secondary N) is 1. The number of aliphatic hydroxyl groups is 1. The van der Waals surface area contributed by atoms with E-state index in [1.807, 2.05) is 56.3 Å². The highest BCUT2D eigenvalue weighted by molar-refractivity contribution is 7.85. The quantitative estimate of drug-likeness (QED) is 0.0958. The summed E-state index contributed by atoms with van der Waals surface area (Å²) in [5.41, 5.74) is 12.8. The maximum Gasteiger partial charge on any atom is 0.273 e. The van der Waals surface area contributed by atoms with Crippen molar-refractivity contribution in [3.8, 4) is 0 Å². The molecule has 2 aromatic carbocycles. The van der Waals surface area contributed by atoms with E-state index in [9.17, 15) is 23.1 Å². The highest BCUT2D eigenvalue weighted by Crippen LogP contribution is 2.54. The van der Waals surface area contributed by atoms with Crippen molar-refractivity contribution in [1.82, 2.24) is 9.78 Å². The molecular formula is C60H82N6O15S. The van der Waals surface area contributed by atoms with Gasteiger partial charge >= 0.3 is 0 Å². The predicted molar refractivity (Wildman–Crippen MR) is 301 cm³/mol. The molecule has 21 nitrogen and oxygen atoms in total. The Morgan fingerprint density at radius 3 is 2.30 bits per heavy atom. The first-order valence-corrected chi connectivity index (χ1v) is 30.9. The lowest BCUT2D eigenvalue weighted by Crippen LogP contribution is -2.61. The number of Topliss-reactive ketones (excluding diaryl/α,β-unsaturated/α-hetero) is 1. The van der Waals surface area contributed by atoms with Crippen LogP contribution in [0.2, 0.25) is 0 Å². The van der Waals surface area contributed by atoms with Crippen LogP contribution in [0, 0.1) is 25.7 Å². The second-order valence-corrected chi connectivity index (χ2v) is 25.4. The Balaban J connectivity index is 0.000000209. The van der Waals surface area contributed by atoms with Crippen molar-refractivity contribution in [2.75, 3.05) is 25.2 Å². The van der Waals surface area contributed by atoms with Crippen LogP contribution in [0.15, 0.2) is 89.3 Å². The van der Waals surface area contributed by atoms with E-state index in [0.717, 1.165) is 84.3 Å². The standard InChI is InChI=1S/C40H59NO11.C19H19N5O.CH4O3S/c1-19-11-24-5-7-28-20(2)12-26(45-28)9-10-40-17-33-36(51-40)37-38(50-33)39(52-40)35-29(49-37)8-6-25(47-35)13-22(42)14-27-31(16-30(46-24)21(19)3)48-32(34(27)44-4)15-23(43)18-41;1-13-6-4-5-7-17(13)23-22-15-8-9-16(14(2)12-15)21-19(25)18-10-11-20-24(18)3;1-5(2,3)4/h19,23-39,43H,2-3,5-18,41H2,1,4H3;4-12H,1-3H3,(H,21,25);1H3,(H,2,3,4). The van der Waals surface area contributed by atoms with Gasteiger partial charge in [0.15, 0.2) is 5.79 Å². The molecule has 3 aromatic rings. The number of aliphatic hydroxyl groups excluding tert-OH is 1. The van der Waals surface area contributed by atoms with Gasteiger partial charge in [0.1, 0.15) is 42.0 Å². The Hall–Kier alpha value is -4.66. The van der Waals surface area contributed by atoms with Crippen LogP contribution in [0.25, 0.3) is 0 Å². The number of methoxy groups -OCH3 is 1. The number of ether oxygens (including phenoxy) is 9. The van der Waals surface area contributed by atoms with Crippen molar-refractivity contribution in [3.63, 3.8) is 0 Å². The summed E-state index contributed by atoms with van der Waals surface area (Å²) in [5, 5.41) is 26.0. The molecule has 0 saturated carbocycles.